The predicted molar refractivity (Wildman–Crippen MR) is 83.1 cm³/mol. The highest BCUT2D eigenvalue weighted by molar-refractivity contribution is 7.98. The summed E-state index contributed by atoms with van der Waals surface area (Å²) >= 11 is 13.5. The van der Waals surface area contributed by atoms with E-state index in [1.807, 2.05) is 13.3 Å². The Labute approximate surface area is 125 Å². The standard InChI is InChI=1S/C12H12Cl2N4S/c1-15-10-6-11(18-12(17-10)19-2)16-9-5-7(13)3-4-8(9)14/h3-6H,1-2H3,(H2,15,16,17,18). The van der Waals surface area contributed by atoms with E-state index in [9.17, 15) is 0 Å². The minimum atomic E-state index is 0.583. The van der Waals surface area contributed by atoms with Crippen LogP contribution in [0, 0.1) is 0 Å². The fourth-order valence-corrected chi connectivity index (χ4v) is 2.16. The normalized spacial score (nSPS) is 10.3. The molecule has 0 atom stereocenters. The third-order valence-electron chi connectivity index (χ3n) is 2.34. The van der Waals surface area contributed by atoms with Crippen molar-refractivity contribution < 1.29 is 0 Å². The summed E-state index contributed by atoms with van der Waals surface area (Å²) in [5.74, 6) is 1.40. The van der Waals surface area contributed by atoms with Crippen LogP contribution in [0.2, 0.25) is 10.0 Å². The highest BCUT2D eigenvalue weighted by atomic mass is 35.5. The summed E-state index contributed by atoms with van der Waals surface area (Å²) in [5.41, 5.74) is 0.710. The van der Waals surface area contributed by atoms with Gasteiger partial charge in [-0.15, -0.1) is 0 Å². The van der Waals surface area contributed by atoms with Crippen LogP contribution in [0.4, 0.5) is 17.3 Å². The van der Waals surface area contributed by atoms with Crippen LogP contribution in [0.15, 0.2) is 29.4 Å². The fraction of sp³-hybridized carbons (Fsp3) is 0.167. The molecule has 0 amide bonds. The van der Waals surface area contributed by atoms with Crippen molar-refractivity contribution in [3.05, 3.63) is 34.3 Å². The average Bonchev–Trinajstić information content (AvgIpc) is 2.42. The molecule has 0 aliphatic heterocycles. The molecule has 1 aromatic heterocycles. The first kappa shape index (κ1) is 14.2. The first-order chi connectivity index (χ1) is 9.12. The molecule has 0 radical (unpaired) electrons. The summed E-state index contributed by atoms with van der Waals surface area (Å²) in [4.78, 5) is 8.66. The molecule has 1 heterocycles. The zero-order chi connectivity index (χ0) is 13.8. The number of benzene rings is 1. The van der Waals surface area contributed by atoms with Crippen LogP contribution in [0.1, 0.15) is 0 Å². The van der Waals surface area contributed by atoms with Crippen molar-refractivity contribution in [2.24, 2.45) is 0 Å². The summed E-state index contributed by atoms with van der Waals surface area (Å²) in [5, 5.41) is 8.00. The van der Waals surface area contributed by atoms with Crippen molar-refractivity contribution in [3.8, 4) is 0 Å². The molecule has 2 N–H and O–H groups in total. The molecule has 4 nitrogen and oxygen atoms in total. The Hall–Kier alpha value is -1.17. The van der Waals surface area contributed by atoms with E-state index < -0.39 is 0 Å². The van der Waals surface area contributed by atoms with Crippen LogP contribution in [0.25, 0.3) is 0 Å². The second-order valence-electron chi connectivity index (χ2n) is 3.62. The number of aromatic nitrogens is 2. The van der Waals surface area contributed by atoms with Crippen molar-refractivity contribution in [1.82, 2.24) is 9.97 Å². The maximum Gasteiger partial charge on any atom is 0.191 e. The topological polar surface area (TPSA) is 49.8 Å². The Balaban J connectivity index is 2.34. The first-order valence-electron chi connectivity index (χ1n) is 5.45. The zero-order valence-corrected chi connectivity index (χ0v) is 12.7. The van der Waals surface area contributed by atoms with E-state index in [0.717, 1.165) is 5.82 Å². The Morgan fingerprint density at radius 2 is 1.84 bits per heavy atom. The van der Waals surface area contributed by atoms with Gasteiger partial charge in [-0.2, -0.15) is 0 Å². The minimum Gasteiger partial charge on any atom is -0.373 e. The van der Waals surface area contributed by atoms with Crippen LogP contribution in [0.3, 0.4) is 0 Å². The minimum absolute atomic E-state index is 0.583. The summed E-state index contributed by atoms with van der Waals surface area (Å²) < 4.78 is 0. The van der Waals surface area contributed by atoms with Crippen molar-refractivity contribution >= 4 is 52.3 Å². The fourth-order valence-electron chi connectivity index (χ4n) is 1.44. The lowest BCUT2D eigenvalue weighted by molar-refractivity contribution is 0.977. The highest BCUT2D eigenvalue weighted by Crippen LogP contribution is 2.29. The summed E-state index contributed by atoms with van der Waals surface area (Å²) in [6, 6.07) is 7.03. The lowest BCUT2D eigenvalue weighted by atomic mass is 10.3. The van der Waals surface area contributed by atoms with Crippen molar-refractivity contribution in [1.29, 1.82) is 0 Å². The Bertz CT molecular complexity index is 570. The highest BCUT2D eigenvalue weighted by Gasteiger charge is 2.06. The quantitative estimate of drug-likeness (QED) is 0.651. The van der Waals surface area contributed by atoms with Gasteiger partial charge in [0.05, 0.1) is 10.7 Å². The SMILES string of the molecule is CNc1cc(Nc2cc(Cl)ccc2Cl)nc(SC)n1. The van der Waals surface area contributed by atoms with Gasteiger partial charge in [-0.05, 0) is 24.5 Å². The molecule has 19 heavy (non-hydrogen) atoms. The second kappa shape index (κ2) is 6.32. The molecule has 1 aromatic carbocycles. The zero-order valence-electron chi connectivity index (χ0n) is 10.4. The van der Waals surface area contributed by atoms with E-state index in [0.29, 0.717) is 26.7 Å². The lowest BCUT2D eigenvalue weighted by Gasteiger charge is -2.10. The summed E-state index contributed by atoms with van der Waals surface area (Å²) in [6.07, 6.45) is 1.92. The van der Waals surface area contributed by atoms with Crippen LogP contribution in [0.5, 0.6) is 0 Å². The van der Waals surface area contributed by atoms with Gasteiger partial charge in [-0.1, -0.05) is 35.0 Å². The lowest BCUT2D eigenvalue weighted by Crippen LogP contribution is -2.00. The molecule has 0 aliphatic carbocycles. The van der Waals surface area contributed by atoms with E-state index in [1.54, 1.807) is 24.3 Å². The molecule has 0 saturated carbocycles. The molecule has 0 aliphatic rings. The van der Waals surface area contributed by atoms with Crippen LogP contribution in [-0.2, 0) is 0 Å². The number of nitrogens with one attached hydrogen (secondary N) is 2. The van der Waals surface area contributed by atoms with E-state index in [-0.39, 0.29) is 0 Å². The second-order valence-corrected chi connectivity index (χ2v) is 5.24. The van der Waals surface area contributed by atoms with Crippen molar-refractivity contribution in [2.75, 3.05) is 23.9 Å². The van der Waals surface area contributed by atoms with Gasteiger partial charge in [0.25, 0.3) is 0 Å². The smallest absolute Gasteiger partial charge is 0.191 e. The van der Waals surface area contributed by atoms with E-state index >= 15 is 0 Å². The van der Waals surface area contributed by atoms with E-state index in [1.165, 1.54) is 11.8 Å². The summed E-state index contributed by atoms with van der Waals surface area (Å²) in [6.45, 7) is 0. The molecular weight excluding hydrogens is 303 g/mol. The number of rotatable bonds is 4. The van der Waals surface area contributed by atoms with Gasteiger partial charge < -0.3 is 10.6 Å². The molecular formula is C12H12Cl2N4S. The predicted octanol–water partition coefficient (Wildman–Crippen LogP) is 4.29. The van der Waals surface area contributed by atoms with E-state index in [2.05, 4.69) is 20.6 Å². The molecule has 2 aromatic rings. The number of anilines is 3. The van der Waals surface area contributed by atoms with Gasteiger partial charge in [-0.25, -0.2) is 9.97 Å². The molecule has 0 bridgehead atoms. The Morgan fingerprint density at radius 1 is 1.11 bits per heavy atom. The number of nitrogens with zero attached hydrogens (tertiary/aromatic N) is 2. The van der Waals surface area contributed by atoms with Gasteiger partial charge in [0.2, 0.25) is 0 Å². The maximum absolute atomic E-state index is 6.11. The third-order valence-corrected chi connectivity index (χ3v) is 3.45. The Morgan fingerprint density at radius 3 is 2.53 bits per heavy atom. The molecule has 0 fully saturated rings. The monoisotopic (exact) mass is 314 g/mol. The molecule has 0 spiro atoms. The number of hydrogen-bond acceptors (Lipinski definition) is 5. The number of halogens is 2. The third kappa shape index (κ3) is 3.65. The largest absolute Gasteiger partial charge is 0.373 e. The van der Waals surface area contributed by atoms with Gasteiger partial charge in [0.15, 0.2) is 5.16 Å². The molecule has 100 valence electrons. The van der Waals surface area contributed by atoms with Crippen LogP contribution in [-0.4, -0.2) is 23.3 Å². The van der Waals surface area contributed by atoms with Crippen LogP contribution >= 0.6 is 35.0 Å². The summed E-state index contributed by atoms with van der Waals surface area (Å²) in [7, 11) is 1.81. The first-order valence-corrected chi connectivity index (χ1v) is 7.43. The average molecular weight is 315 g/mol. The number of hydrogen-bond donors (Lipinski definition) is 2. The van der Waals surface area contributed by atoms with Crippen molar-refractivity contribution in [2.45, 2.75) is 5.16 Å². The van der Waals surface area contributed by atoms with E-state index in [4.69, 9.17) is 23.2 Å². The Kier molecular flexibility index (Phi) is 4.74. The van der Waals surface area contributed by atoms with Gasteiger partial charge >= 0.3 is 0 Å². The molecule has 0 saturated heterocycles. The van der Waals surface area contributed by atoms with Gasteiger partial charge in [0, 0.05) is 18.1 Å². The van der Waals surface area contributed by atoms with Gasteiger partial charge in [0.1, 0.15) is 11.6 Å². The molecule has 2 rings (SSSR count). The number of thioether (sulfide) groups is 1. The molecule has 7 heteroatoms. The molecule has 0 unspecified atom stereocenters. The van der Waals surface area contributed by atoms with Crippen LogP contribution < -0.4 is 10.6 Å². The van der Waals surface area contributed by atoms with Gasteiger partial charge in [-0.3, -0.25) is 0 Å². The van der Waals surface area contributed by atoms with Crippen molar-refractivity contribution in [3.63, 3.8) is 0 Å². The maximum atomic E-state index is 6.11.